The number of aromatic hydroxyl groups is 1. The normalized spacial score (nSPS) is 12.2. The number of phenolic OH excluding ortho intramolecular Hbond substituents is 1. The number of rotatable bonds is 6. The molecular formula is C14H20Br2N2O2. The van der Waals surface area contributed by atoms with E-state index in [0.717, 1.165) is 18.7 Å². The largest absolute Gasteiger partial charge is 0.506 e. The molecule has 6 heteroatoms. The molecule has 1 atom stereocenters. The van der Waals surface area contributed by atoms with Gasteiger partial charge in [-0.3, -0.25) is 4.79 Å². The second-order valence-electron chi connectivity index (χ2n) is 4.52. The molecule has 0 aliphatic heterocycles. The number of likely N-dealkylation sites (N-methyl/N-ethyl adjacent to an activating group) is 1. The van der Waals surface area contributed by atoms with Gasteiger partial charge in [-0.1, -0.05) is 0 Å². The van der Waals surface area contributed by atoms with E-state index in [1.54, 1.807) is 4.90 Å². The van der Waals surface area contributed by atoms with E-state index in [9.17, 15) is 9.90 Å². The Morgan fingerprint density at radius 3 is 2.25 bits per heavy atom. The average Bonchev–Trinajstić information content (AvgIpc) is 2.43. The van der Waals surface area contributed by atoms with Crippen molar-refractivity contribution in [2.24, 2.45) is 0 Å². The summed E-state index contributed by atoms with van der Waals surface area (Å²) in [6.45, 7) is 7.82. The topological polar surface area (TPSA) is 52.6 Å². The summed E-state index contributed by atoms with van der Waals surface area (Å²) in [6.07, 6.45) is 0. The Bertz CT molecular complexity index is 453. The molecule has 0 aliphatic rings. The van der Waals surface area contributed by atoms with Crippen LogP contribution in [-0.2, 0) is 11.3 Å². The van der Waals surface area contributed by atoms with Gasteiger partial charge in [-0.05, 0) is 70.3 Å². The van der Waals surface area contributed by atoms with Crippen molar-refractivity contribution >= 4 is 37.8 Å². The van der Waals surface area contributed by atoms with E-state index in [1.165, 1.54) is 0 Å². The minimum Gasteiger partial charge on any atom is -0.506 e. The van der Waals surface area contributed by atoms with Crippen molar-refractivity contribution in [3.63, 3.8) is 0 Å². The zero-order chi connectivity index (χ0) is 15.3. The summed E-state index contributed by atoms with van der Waals surface area (Å²) < 4.78 is 1.26. The number of halogens is 2. The molecule has 1 unspecified atom stereocenters. The maximum absolute atomic E-state index is 12.1. The Morgan fingerprint density at radius 2 is 1.80 bits per heavy atom. The third kappa shape index (κ3) is 4.46. The first-order valence-corrected chi connectivity index (χ1v) is 8.18. The van der Waals surface area contributed by atoms with Crippen LogP contribution in [0.1, 0.15) is 26.3 Å². The third-order valence-corrected chi connectivity index (χ3v) is 4.34. The second-order valence-corrected chi connectivity index (χ2v) is 6.23. The van der Waals surface area contributed by atoms with Gasteiger partial charge in [0.05, 0.1) is 15.0 Å². The average molecular weight is 408 g/mol. The summed E-state index contributed by atoms with van der Waals surface area (Å²) in [4.78, 5) is 13.9. The molecular weight excluding hydrogens is 388 g/mol. The molecule has 1 aromatic rings. The molecule has 0 radical (unpaired) electrons. The Morgan fingerprint density at radius 1 is 1.30 bits per heavy atom. The third-order valence-electron chi connectivity index (χ3n) is 3.13. The standard InChI is InChI=1S/C14H20Br2N2O2/c1-4-18(5-2)14(20)9(3)17-8-10-6-11(15)13(19)12(16)7-10/h6-7,9,17,19H,4-5,8H2,1-3H3. The summed E-state index contributed by atoms with van der Waals surface area (Å²) in [5.74, 6) is 0.285. The minimum absolute atomic E-state index is 0.104. The van der Waals surface area contributed by atoms with Crippen molar-refractivity contribution in [2.75, 3.05) is 13.1 Å². The molecule has 0 bridgehead atoms. The molecule has 1 rings (SSSR count). The number of carbonyl (C=O) groups excluding carboxylic acids is 1. The lowest BCUT2D eigenvalue weighted by Gasteiger charge is -2.23. The summed E-state index contributed by atoms with van der Waals surface area (Å²) in [6, 6.07) is 3.44. The monoisotopic (exact) mass is 406 g/mol. The molecule has 0 saturated heterocycles. The number of hydrogen-bond acceptors (Lipinski definition) is 3. The highest BCUT2D eigenvalue weighted by molar-refractivity contribution is 9.11. The van der Waals surface area contributed by atoms with Crippen LogP contribution in [0.3, 0.4) is 0 Å². The van der Waals surface area contributed by atoms with Gasteiger partial charge >= 0.3 is 0 Å². The number of benzene rings is 1. The van der Waals surface area contributed by atoms with E-state index in [1.807, 2.05) is 32.9 Å². The molecule has 0 aliphatic carbocycles. The summed E-state index contributed by atoms with van der Waals surface area (Å²) in [7, 11) is 0. The predicted octanol–water partition coefficient (Wildman–Crippen LogP) is 3.26. The maximum atomic E-state index is 12.1. The van der Waals surface area contributed by atoms with Crippen LogP contribution in [0, 0.1) is 0 Å². The van der Waals surface area contributed by atoms with Gasteiger partial charge in [-0.2, -0.15) is 0 Å². The van der Waals surface area contributed by atoms with Crippen molar-refractivity contribution in [1.82, 2.24) is 10.2 Å². The fraction of sp³-hybridized carbons (Fsp3) is 0.500. The van der Waals surface area contributed by atoms with E-state index in [4.69, 9.17) is 0 Å². The van der Waals surface area contributed by atoms with Crippen molar-refractivity contribution < 1.29 is 9.90 Å². The van der Waals surface area contributed by atoms with Crippen LogP contribution in [0.4, 0.5) is 0 Å². The van der Waals surface area contributed by atoms with Crippen LogP contribution >= 0.6 is 31.9 Å². The SMILES string of the molecule is CCN(CC)C(=O)C(C)NCc1cc(Br)c(O)c(Br)c1. The lowest BCUT2D eigenvalue weighted by molar-refractivity contribution is -0.132. The second kappa shape index (κ2) is 8.00. The quantitative estimate of drug-likeness (QED) is 0.760. The Balaban J connectivity index is 2.65. The molecule has 0 saturated carbocycles. The first kappa shape index (κ1) is 17.5. The number of nitrogens with zero attached hydrogens (tertiary/aromatic N) is 1. The van der Waals surface area contributed by atoms with Crippen LogP contribution in [0.5, 0.6) is 5.75 Å². The first-order valence-electron chi connectivity index (χ1n) is 6.59. The summed E-state index contributed by atoms with van der Waals surface area (Å²) in [5.41, 5.74) is 0.987. The highest BCUT2D eigenvalue weighted by Gasteiger charge is 2.17. The zero-order valence-electron chi connectivity index (χ0n) is 11.9. The fourth-order valence-corrected chi connectivity index (χ4v) is 3.17. The number of phenols is 1. The summed E-state index contributed by atoms with van der Waals surface area (Å²) >= 11 is 6.59. The Hall–Kier alpha value is -0.590. The van der Waals surface area contributed by atoms with E-state index in [-0.39, 0.29) is 17.7 Å². The van der Waals surface area contributed by atoms with E-state index >= 15 is 0 Å². The molecule has 0 aromatic heterocycles. The molecule has 2 N–H and O–H groups in total. The number of nitrogens with one attached hydrogen (secondary N) is 1. The molecule has 0 spiro atoms. The van der Waals surface area contributed by atoms with Crippen molar-refractivity contribution in [2.45, 2.75) is 33.4 Å². The van der Waals surface area contributed by atoms with E-state index < -0.39 is 0 Å². The highest BCUT2D eigenvalue weighted by atomic mass is 79.9. The first-order chi connectivity index (χ1) is 9.40. The molecule has 20 heavy (non-hydrogen) atoms. The van der Waals surface area contributed by atoms with Crippen LogP contribution in [0.15, 0.2) is 21.1 Å². The predicted molar refractivity (Wildman–Crippen MR) is 87.7 cm³/mol. The van der Waals surface area contributed by atoms with Crippen LogP contribution < -0.4 is 5.32 Å². The van der Waals surface area contributed by atoms with Gasteiger partial charge in [0.2, 0.25) is 5.91 Å². The van der Waals surface area contributed by atoms with Crippen LogP contribution in [0.2, 0.25) is 0 Å². The Kier molecular flexibility index (Phi) is 6.99. The van der Waals surface area contributed by atoms with Gasteiger partial charge in [0.25, 0.3) is 0 Å². The lowest BCUT2D eigenvalue weighted by Crippen LogP contribution is -2.44. The highest BCUT2D eigenvalue weighted by Crippen LogP contribution is 2.33. The number of carbonyl (C=O) groups is 1. The molecule has 0 fully saturated rings. The zero-order valence-corrected chi connectivity index (χ0v) is 15.1. The molecule has 1 aromatic carbocycles. The maximum Gasteiger partial charge on any atom is 0.239 e. The van der Waals surface area contributed by atoms with Crippen molar-refractivity contribution in [3.05, 3.63) is 26.6 Å². The van der Waals surface area contributed by atoms with Crippen LogP contribution in [0.25, 0.3) is 0 Å². The molecule has 4 nitrogen and oxygen atoms in total. The van der Waals surface area contributed by atoms with Crippen molar-refractivity contribution in [1.29, 1.82) is 0 Å². The fourth-order valence-electron chi connectivity index (χ4n) is 1.89. The van der Waals surface area contributed by atoms with Gasteiger partial charge < -0.3 is 15.3 Å². The van der Waals surface area contributed by atoms with E-state index in [0.29, 0.717) is 15.5 Å². The smallest absolute Gasteiger partial charge is 0.239 e. The number of hydrogen-bond donors (Lipinski definition) is 2. The van der Waals surface area contributed by atoms with Gasteiger partial charge in [0.15, 0.2) is 0 Å². The minimum atomic E-state index is -0.235. The molecule has 0 heterocycles. The van der Waals surface area contributed by atoms with Gasteiger partial charge in [0.1, 0.15) is 5.75 Å². The van der Waals surface area contributed by atoms with Gasteiger partial charge in [-0.25, -0.2) is 0 Å². The Labute approximate surface area is 136 Å². The van der Waals surface area contributed by atoms with Crippen LogP contribution in [-0.4, -0.2) is 35.0 Å². The molecule has 1 amide bonds. The van der Waals surface area contributed by atoms with Gasteiger partial charge in [0, 0.05) is 19.6 Å². The lowest BCUT2D eigenvalue weighted by atomic mass is 10.2. The van der Waals surface area contributed by atoms with Gasteiger partial charge in [-0.15, -0.1) is 0 Å². The van der Waals surface area contributed by atoms with E-state index in [2.05, 4.69) is 37.2 Å². The molecule has 112 valence electrons. The summed E-state index contributed by atoms with van der Waals surface area (Å²) in [5, 5.41) is 12.9. The van der Waals surface area contributed by atoms with Crippen molar-refractivity contribution in [3.8, 4) is 5.75 Å². The number of amides is 1.